The molecular formula is C12H15ClN2O2. The summed E-state index contributed by atoms with van der Waals surface area (Å²) in [5, 5.41) is 15.5. The molecule has 0 radical (unpaired) electrons. The first-order chi connectivity index (χ1) is 7.77. The third kappa shape index (κ3) is 1.87. The molecule has 17 heavy (non-hydrogen) atoms. The van der Waals surface area contributed by atoms with Crippen molar-refractivity contribution in [3.8, 4) is 0 Å². The van der Waals surface area contributed by atoms with Crippen LogP contribution in [0.2, 0.25) is 0 Å². The predicted octanol–water partition coefficient (Wildman–Crippen LogP) is 1.43. The molecule has 3 N–H and O–H groups in total. The molecule has 0 saturated carbocycles. The number of benzene rings is 1. The Morgan fingerprint density at radius 1 is 1.35 bits per heavy atom. The maximum Gasteiger partial charge on any atom is 0.322 e. The number of carbonyl (C=O) groups is 1. The number of carboxylic acid groups (broad SMARTS) is 1. The van der Waals surface area contributed by atoms with Gasteiger partial charge in [0.15, 0.2) is 0 Å². The quantitative estimate of drug-likeness (QED) is 0.710. The number of halogens is 1. The molecular weight excluding hydrogens is 240 g/mol. The second-order valence-corrected chi connectivity index (χ2v) is 4.42. The molecule has 5 heteroatoms. The number of hydrogen-bond acceptors (Lipinski definition) is 3. The summed E-state index contributed by atoms with van der Waals surface area (Å²) in [6.07, 6.45) is 0.998. The van der Waals surface area contributed by atoms with Crippen LogP contribution in [0.3, 0.4) is 0 Å². The van der Waals surface area contributed by atoms with E-state index in [1.165, 1.54) is 5.56 Å². The van der Waals surface area contributed by atoms with E-state index >= 15 is 0 Å². The average molecular weight is 255 g/mol. The molecule has 2 heterocycles. The number of nitrogens with one attached hydrogen (secondary N) is 2. The number of rotatable bonds is 1. The fraction of sp³-hybridized carbons (Fsp3) is 0.417. The van der Waals surface area contributed by atoms with Gasteiger partial charge in [-0.2, -0.15) is 0 Å². The van der Waals surface area contributed by atoms with Gasteiger partial charge in [-0.25, -0.2) is 0 Å². The van der Waals surface area contributed by atoms with Crippen molar-refractivity contribution in [3.05, 3.63) is 29.8 Å². The first kappa shape index (κ1) is 12.2. The molecule has 1 aromatic rings. The number of aliphatic carboxylic acids is 1. The molecule has 1 fully saturated rings. The monoisotopic (exact) mass is 254 g/mol. The van der Waals surface area contributed by atoms with Crippen LogP contribution in [0.15, 0.2) is 24.3 Å². The van der Waals surface area contributed by atoms with Crippen LogP contribution in [-0.4, -0.2) is 29.7 Å². The van der Waals surface area contributed by atoms with Crippen LogP contribution in [0, 0.1) is 0 Å². The van der Waals surface area contributed by atoms with Crippen LogP contribution in [0.1, 0.15) is 17.9 Å². The summed E-state index contributed by atoms with van der Waals surface area (Å²) >= 11 is 0. The first-order valence-corrected chi connectivity index (χ1v) is 5.59. The van der Waals surface area contributed by atoms with Crippen LogP contribution in [0.4, 0.5) is 5.69 Å². The maximum absolute atomic E-state index is 11.1. The lowest BCUT2D eigenvalue weighted by Crippen LogP contribution is -2.54. The summed E-state index contributed by atoms with van der Waals surface area (Å²) in [6.45, 7) is 0.772. The third-order valence-electron chi connectivity index (χ3n) is 3.56. The molecule has 92 valence electrons. The fourth-order valence-corrected chi connectivity index (χ4v) is 2.84. The van der Waals surface area contributed by atoms with Gasteiger partial charge >= 0.3 is 5.97 Å². The molecule has 0 spiro atoms. The van der Waals surface area contributed by atoms with E-state index in [1.54, 1.807) is 0 Å². The van der Waals surface area contributed by atoms with Crippen molar-refractivity contribution in [2.75, 3.05) is 11.9 Å². The van der Waals surface area contributed by atoms with Crippen molar-refractivity contribution in [2.45, 2.75) is 24.4 Å². The summed E-state index contributed by atoms with van der Waals surface area (Å²) in [7, 11) is 0. The number of fused-ring (bicyclic) bond motifs is 3. The van der Waals surface area contributed by atoms with Gasteiger partial charge in [0.2, 0.25) is 0 Å². The molecule has 4 nitrogen and oxygen atoms in total. The van der Waals surface area contributed by atoms with Gasteiger partial charge < -0.3 is 15.7 Å². The van der Waals surface area contributed by atoms with Crippen molar-refractivity contribution in [2.24, 2.45) is 0 Å². The van der Waals surface area contributed by atoms with Crippen LogP contribution in [0.5, 0.6) is 0 Å². The Morgan fingerprint density at radius 3 is 2.88 bits per heavy atom. The highest BCUT2D eigenvalue weighted by Crippen LogP contribution is 2.40. The Labute approximate surface area is 106 Å². The summed E-state index contributed by atoms with van der Waals surface area (Å²) in [4.78, 5) is 11.1. The lowest BCUT2D eigenvalue weighted by atomic mass is 9.85. The highest BCUT2D eigenvalue weighted by Gasteiger charge is 2.42. The molecule has 0 aliphatic carbocycles. The lowest BCUT2D eigenvalue weighted by molar-refractivity contribution is -0.140. The van der Waals surface area contributed by atoms with Gasteiger partial charge in [-0.1, -0.05) is 18.2 Å². The summed E-state index contributed by atoms with van der Waals surface area (Å²) < 4.78 is 0. The molecule has 0 bridgehead atoms. The molecule has 1 aromatic carbocycles. The lowest BCUT2D eigenvalue weighted by Gasteiger charge is -2.32. The Bertz CT molecular complexity index is 438. The van der Waals surface area contributed by atoms with E-state index in [-0.39, 0.29) is 18.4 Å². The van der Waals surface area contributed by atoms with Gasteiger partial charge in [-0.05, 0) is 24.6 Å². The molecule has 2 aliphatic rings. The van der Waals surface area contributed by atoms with Gasteiger partial charge in [0.1, 0.15) is 6.04 Å². The zero-order valence-corrected chi connectivity index (χ0v) is 10.0. The Hall–Kier alpha value is -1.26. The largest absolute Gasteiger partial charge is 0.480 e. The van der Waals surface area contributed by atoms with E-state index in [4.69, 9.17) is 5.11 Å². The highest BCUT2D eigenvalue weighted by molar-refractivity contribution is 5.85. The van der Waals surface area contributed by atoms with Gasteiger partial charge in [0.25, 0.3) is 0 Å². The molecule has 2 aliphatic heterocycles. The van der Waals surface area contributed by atoms with Gasteiger partial charge in [0, 0.05) is 11.6 Å². The summed E-state index contributed by atoms with van der Waals surface area (Å²) in [5.41, 5.74) is 2.35. The molecule has 0 amide bonds. The average Bonchev–Trinajstić information content (AvgIpc) is 2.67. The number of carboxylic acids is 1. The van der Waals surface area contributed by atoms with E-state index in [2.05, 4.69) is 16.7 Å². The summed E-state index contributed by atoms with van der Waals surface area (Å²) in [6, 6.07) is 7.62. The van der Waals surface area contributed by atoms with Crippen molar-refractivity contribution >= 4 is 24.1 Å². The number of anilines is 1. The molecule has 1 saturated heterocycles. The first-order valence-electron chi connectivity index (χ1n) is 5.59. The van der Waals surface area contributed by atoms with Crippen molar-refractivity contribution < 1.29 is 9.90 Å². The summed E-state index contributed by atoms with van der Waals surface area (Å²) in [5.74, 6) is -0.437. The van der Waals surface area contributed by atoms with Crippen molar-refractivity contribution in [3.63, 3.8) is 0 Å². The van der Waals surface area contributed by atoms with E-state index < -0.39 is 12.0 Å². The van der Waals surface area contributed by atoms with Crippen LogP contribution in [-0.2, 0) is 4.79 Å². The minimum absolute atomic E-state index is 0. The van der Waals surface area contributed by atoms with Gasteiger partial charge in [0.05, 0.1) is 6.04 Å². The van der Waals surface area contributed by atoms with E-state index in [0.29, 0.717) is 5.92 Å². The Kier molecular flexibility index (Phi) is 3.26. The Balaban J connectivity index is 0.00000108. The topological polar surface area (TPSA) is 61.4 Å². The van der Waals surface area contributed by atoms with Gasteiger partial charge in [-0.15, -0.1) is 12.4 Å². The molecule has 2 unspecified atom stereocenters. The fourth-order valence-electron chi connectivity index (χ4n) is 2.84. The van der Waals surface area contributed by atoms with Crippen LogP contribution < -0.4 is 10.6 Å². The number of para-hydroxylation sites is 1. The molecule has 3 rings (SSSR count). The second-order valence-electron chi connectivity index (χ2n) is 4.42. The smallest absolute Gasteiger partial charge is 0.322 e. The van der Waals surface area contributed by atoms with Crippen molar-refractivity contribution in [1.29, 1.82) is 0 Å². The molecule has 0 aromatic heterocycles. The number of piperidine rings is 1. The third-order valence-corrected chi connectivity index (χ3v) is 3.56. The number of hydrogen-bond donors (Lipinski definition) is 3. The maximum atomic E-state index is 11.1. The standard InChI is InChI=1S/C12H14N2O2.ClH/c15-12(16)11-10-8(5-6-13-11)7-3-1-2-4-9(7)14-10;/h1-4,8,10-11,13-14H,5-6H2,(H,15,16);1H/t8?,10?,11-;/m0./s1. The zero-order valence-electron chi connectivity index (χ0n) is 9.22. The van der Waals surface area contributed by atoms with E-state index in [0.717, 1.165) is 18.7 Å². The predicted molar refractivity (Wildman–Crippen MR) is 67.9 cm³/mol. The highest BCUT2D eigenvalue weighted by atomic mass is 35.5. The van der Waals surface area contributed by atoms with Gasteiger partial charge in [-0.3, -0.25) is 4.79 Å². The van der Waals surface area contributed by atoms with E-state index in [9.17, 15) is 4.79 Å². The van der Waals surface area contributed by atoms with Crippen LogP contribution in [0.25, 0.3) is 0 Å². The second kappa shape index (κ2) is 4.55. The van der Waals surface area contributed by atoms with Crippen molar-refractivity contribution in [1.82, 2.24) is 5.32 Å². The SMILES string of the molecule is Cl.O=C(O)[C@H]1NCCC2c3ccccc3NC21. The van der Waals surface area contributed by atoms with E-state index in [1.807, 2.05) is 18.2 Å². The minimum atomic E-state index is -0.769. The Morgan fingerprint density at radius 2 is 2.12 bits per heavy atom. The zero-order chi connectivity index (χ0) is 11.1. The molecule has 3 atom stereocenters. The minimum Gasteiger partial charge on any atom is -0.480 e. The normalized spacial score (nSPS) is 29.5. The van der Waals surface area contributed by atoms with Crippen LogP contribution >= 0.6 is 12.4 Å².